The van der Waals surface area contributed by atoms with Crippen molar-refractivity contribution in [2.24, 2.45) is 0 Å². The minimum Gasteiger partial charge on any atom is -0.350 e. The highest BCUT2D eigenvalue weighted by atomic mass is 32.1. The van der Waals surface area contributed by atoms with Crippen LogP contribution in [0.2, 0.25) is 0 Å². The smallest absolute Gasteiger partial charge is 0.275 e. The first-order valence-corrected chi connectivity index (χ1v) is 9.39. The van der Waals surface area contributed by atoms with E-state index < -0.39 is 0 Å². The van der Waals surface area contributed by atoms with Crippen LogP contribution in [0, 0.1) is 6.92 Å². The van der Waals surface area contributed by atoms with Gasteiger partial charge in [-0.15, -0.1) is 5.10 Å². The summed E-state index contributed by atoms with van der Waals surface area (Å²) < 4.78 is 1.31. The van der Waals surface area contributed by atoms with Crippen molar-refractivity contribution in [1.29, 1.82) is 0 Å². The highest BCUT2D eigenvalue weighted by molar-refractivity contribution is 7.20. The standard InChI is InChI=1S/C18H19N5O2S/c1-12-10-15(24)23-17(20-12)26-18(21-23)22-9-5-8-14(22)16(25)19-11-13-6-3-2-4-7-13/h2-4,6-7,10,14H,5,8-9,11H2,1H3,(H,19,25)/t14-/m1/s1. The minimum atomic E-state index is -0.268. The quantitative estimate of drug-likeness (QED) is 0.758. The fourth-order valence-electron chi connectivity index (χ4n) is 3.20. The van der Waals surface area contributed by atoms with Gasteiger partial charge in [0, 0.05) is 24.8 Å². The third-order valence-corrected chi connectivity index (χ3v) is 5.42. The van der Waals surface area contributed by atoms with Crippen LogP contribution in [-0.4, -0.2) is 33.1 Å². The molecule has 1 atom stereocenters. The highest BCUT2D eigenvalue weighted by Gasteiger charge is 2.33. The summed E-state index contributed by atoms with van der Waals surface area (Å²) >= 11 is 1.35. The Labute approximate surface area is 154 Å². The van der Waals surface area contributed by atoms with E-state index in [9.17, 15) is 9.59 Å². The van der Waals surface area contributed by atoms with Crippen LogP contribution in [0.1, 0.15) is 24.1 Å². The van der Waals surface area contributed by atoms with Gasteiger partial charge in [-0.05, 0) is 25.3 Å². The van der Waals surface area contributed by atoms with Crippen LogP contribution in [0.4, 0.5) is 5.13 Å². The van der Waals surface area contributed by atoms with E-state index in [4.69, 9.17) is 0 Å². The van der Waals surface area contributed by atoms with E-state index in [1.54, 1.807) is 6.92 Å². The average Bonchev–Trinajstić information content (AvgIpc) is 3.27. The Bertz CT molecular complexity index is 998. The average molecular weight is 369 g/mol. The molecule has 3 aromatic rings. The molecule has 134 valence electrons. The molecule has 1 amide bonds. The van der Waals surface area contributed by atoms with Crippen molar-refractivity contribution in [3.8, 4) is 0 Å². The fraction of sp³-hybridized carbons (Fsp3) is 0.333. The van der Waals surface area contributed by atoms with Gasteiger partial charge < -0.3 is 10.2 Å². The van der Waals surface area contributed by atoms with Gasteiger partial charge in [0.1, 0.15) is 6.04 Å². The molecule has 2 aromatic heterocycles. The lowest BCUT2D eigenvalue weighted by atomic mass is 10.2. The largest absolute Gasteiger partial charge is 0.350 e. The predicted octanol–water partition coefficient (Wildman–Crippen LogP) is 1.74. The summed E-state index contributed by atoms with van der Waals surface area (Å²) in [6, 6.07) is 11.0. The fourth-order valence-corrected chi connectivity index (χ4v) is 4.23. The van der Waals surface area contributed by atoms with Crippen LogP contribution >= 0.6 is 11.3 Å². The maximum absolute atomic E-state index is 12.7. The summed E-state index contributed by atoms with van der Waals surface area (Å²) in [5.74, 6) is -0.0119. The number of nitrogens with one attached hydrogen (secondary N) is 1. The van der Waals surface area contributed by atoms with E-state index in [1.165, 1.54) is 21.9 Å². The maximum Gasteiger partial charge on any atom is 0.275 e. The molecule has 26 heavy (non-hydrogen) atoms. The zero-order chi connectivity index (χ0) is 18.1. The van der Waals surface area contributed by atoms with Gasteiger partial charge in [0.15, 0.2) is 0 Å². The molecule has 7 nitrogen and oxygen atoms in total. The molecule has 0 saturated carbocycles. The lowest BCUT2D eigenvalue weighted by Crippen LogP contribution is -2.43. The van der Waals surface area contributed by atoms with Gasteiger partial charge in [0.05, 0.1) is 0 Å². The van der Waals surface area contributed by atoms with Crippen LogP contribution in [0.5, 0.6) is 0 Å². The molecule has 1 aliphatic rings. The lowest BCUT2D eigenvalue weighted by molar-refractivity contribution is -0.122. The van der Waals surface area contributed by atoms with E-state index >= 15 is 0 Å². The monoisotopic (exact) mass is 369 g/mol. The number of hydrogen-bond donors (Lipinski definition) is 1. The number of carbonyl (C=O) groups excluding carboxylic acids is 1. The van der Waals surface area contributed by atoms with Crippen molar-refractivity contribution in [3.05, 3.63) is 58.0 Å². The number of fused-ring (bicyclic) bond motifs is 1. The van der Waals surface area contributed by atoms with Gasteiger partial charge in [0.25, 0.3) is 5.56 Å². The molecule has 0 spiro atoms. The second-order valence-corrected chi connectivity index (χ2v) is 7.30. The van der Waals surface area contributed by atoms with Crippen molar-refractivity contribution in [1.82, 2.24) is 19.9 Å². The Hall–Kier alpha value is -2.74. The SMILES string of the molecule is Cc1cc(=O)n2nc(N3CCC[C@@H]3C(=O)NCc3ccccc3)sc2n1. The molecular weight excluding hydrogens is 350 g/mol. The van der Waals surface area contributed by atoms with Crippen LogP contribution < -0.4 is 15.8 Å². The number of carbonyl (C=O) groups is 1. The summed E-state index contributed by atoms with van der Waals surface area (Å²) in [5, 5.41) is 8.06. The molecular formula is C18H19N5O2S. The number of anilines is 1. The third-order valence-electron chi connectivity index (χ3n) is 4.47. The summed E-state index contributed by atoms with van der Waals surface area (Å²) in [5.41, 5.74) is 1.54. The van der Waals surface area contributed by atoms with E-state index in [2.05, 4.69) is 15.4 Å². The third kappa shape index (κ3) is 3.20. The van der Waals surface area contributed by atoms with Crippen molar-refractivity contribution < 1.29 is 4.79 Å². The van der Waals surface area contributed by atoms with Crippen LogP contribution in [0.15, 0.2) is 41.2 Å². The molecule has 1 aliphatic heterocycles. The normalized spacial score (nSPS) is 17.0. The second-order valence-electron chi connectivity index (χ2n) is 6.37. The first-order chi connectivity index (χ1) is 12.6. The summed E-state index contributed by atoms with van der Waals surface area (Å²) in [7, 11) is 0. The van der Waals surface area contributed by atoms with Gasteiger partial charge in [-0.2, -0.15) is 4.52 Å². The zero-order valence-electron chi connectivity index (χ0n) is 14.4. The van der Waals surface area contributed by atoms with Gasteiger partial charge >= 0.3 is 0 Å². The summed E-state index contributed by atoms with van der Waals surface area (Å²) in [4.78, 5) is 31.7. The van der Waals surface area contributed by atoms with E-state index in [-0.39, 0.29) is 17.5 Å². The van der Waals surface area contributed by atoms with Gasteiger partial charge in [-0.25, -0.2) is 4.98 Å². The predicted molar refractivity (Wildman–Crippen MR) is 101 cm³/mol. The first-order valence-electron chi connectivity index (χ1n) is 8.57. The molecule has 8 heteroatoms. The topological polar surface area (TPSA) is 79.6 Å². The van der Waals surface area contributed by atoms with E-state index in [0.717, 1.165) is 24.9 Å². The molecule has 0 bridgehead atoms. The van der Waals surface area contributed by atoms with Crippen molar-refractivity contribution in [2.45, 2.75) is 32.4 Å². The van der Waals surface area contributed by atoms with Crippen molar-refractivity contribution in [2.75, 3.05) is 11.4 Å². The van der Waals surface area contributed by atoms with Crippen molar-refractivity contribution >= 4 is 27.3 Å². The molecule has 4 rings (SSSR count). The molecule has 3 heterocycles. The second kappa shape index (κ2) is 6.87. The number of hydrogen-bond acceptors (Lipinski definition) is 6. The minimum absolute atomic E-state index is 0.0119. The maximum atomic E-state index is 12.7. The molecule has 0 aliphatic carbocycles. The number of aromatic nitrogens is 3. The summed E-state index contributed by atoms with van der Waals surface area (Å²) in [6.45, 7) is 3.04. The molecule has 0 unspecified atom stereocenters. The number of rotatable bonds is 4. The van der Waals surface area contributed by atoms with E-state index in [0.29, 0.717) is 22.3 Å². The molecule has 0 radical (unpaired) electrons. The number of aryl methyl sites for hydroxylation is 1. The van der Waals surface area contributed by atoms with E-state index in [1.807, 2.05) is 35.2 Å². The Morgan fingerprint density at radius 2 is 2.15 bits per heavy atom. The van der Waals surface area contributed by atoms with Crippen molar-refractivity contribution in [3.63, 3.8) is 0 Å². The zero-order valence-corrected chi connectivity index (χ0v) is 15.2. The molecule has 1 aromatic carbocycles. The van der Waals surface area contributed by atoms with Crippen LogP contribution in [0.3, 0.4) is 0 Å². The Morgan fingerprint density at radius 1 is 1.35 bits per heavy atom. The Balaban J connectivity index is 1.54. The lowest BCUT2D eigenvalue weighted by Gasteiger charge is -2.22. The first kappa shape index (κ1) is 16.7. The Kier molecular flexibility index (Phi) is 4.42. The van der Waals surface area contributed by atoms with Gasteiger partial charge in [-0.1, -0.05) is 41.7 Å². The number of benzene rings is 1. The number of amides is 1. The summed E-state index contributed by atoms with van der Waals surface area (Å²) in [6.07, 6.45) is 1.69. The molecule has 1 N–H and O–H groups in total. The molecule has 1 fully saturated rings. The van der Waals surface area contributed by atoms with Crippen LogP contribution in [0.25, 0.3) is 4.96 Å². The number of nitrogens with zero attached hydrogens (tertiary/aromatic N) is 4. The molecule has 1 saturated heterocycles. The Morgan fingerprint density at radius 3 is 2.96 bits per heavy atom. The van der Waals surface area contributed by atoms with Crippen LogP contribution in [-0.2, 0) is 11.3 Å². The van der Waals surface area contributed by atoms with Gasteiger partial charge in [-0.3, -0.25) is 9.59 Å². The highest BCUT2D eigenvalue weighted by Crippen LogP contribution is 2.29. The van der Waals surface area contributed by atoms with Gasteiger partial charge in [0.2, 0.25) is 16.0 Å².